The average Bonchev–Trinajstić information content (AvgIpc) is 2.55. The molecule has 0 aliphatic heterocycles. The molecule has 0 radical (unpaired) electrons. The maximum atomic E-state index is 11.6. The molecule has 0 aliphatic carbocycles. The lowest BCUT2D eigenvalue weighted by Crippen LogP contribution is -2.09. The van der Waals surface area contributed by atoms with Crippen molar-refractivity contribution in [2.45, 2.75) is 12.7 Å². The van der Waals surface area contributed by atoms with E-state index in [4.69, 9.17) is 0 Å². The first-order valence-electron chi connectivity index (χ1n) is 5.37. The lowest BCUT2D eigenvalue weighted by molar-refractivity contribution is 0.595. The predicted octanol–water partition coefficient (Wildman–Crippen LogP) is 2.88. The molecule has 0 atom stereocenters. The molecule has 1 aromatic carbocycles. The highest BCUT2D eigenvalue weighted by molar-refractivity contribution is 9.10. The number of aromatic nitrogens is 1. The van der Waals surface area contributed by atoms with Gasteiger partial charge in [-0.05, 0) is 24.3 Å². The summed E-state index contributed by atoms with van der Waals surface area (Å²) in [5.41, 5.74) is 1.88. The molecule has 0 saturated heterocycles. The van der Waals surface area contributed by atoms with Crippen molar-refractivity contribution in [2.24, 2.45) is 7.05 Å². The fourth-order valence-electron chi connectivity index (χ4n) is 1.84. The van der Waals surface area contributed by atoms with Gasteiger partial charge in [0.15, 0.2) is 9.84 Å². The van der Waals surface area contributed by atoms with E-state index in [9.17, 15) is 8.42 Å². The van der Waals surface area contributed by atoms with Gasteiger partial charge in [-0.25, -0.2) is 8.42 Å². The van der Waals surface area contributed by atoms with E-state index in [1.54, 1.807) is 6.92 Å². The molecule has 0 N–H and O–H groups in total. The summed E-state index contributed by atoms with van der Waals surface area (Å²) in [7, 11) is -1.09. The second-order valence-corrected chi connectivity index (χ2v) is 7.34. The van der Waals surface area contributed by atoms with Crippen LogP contribution in [0.5, 0.6) is 0 Å². The third kappa shape index (κ3) is 2.55. The first kappa shape index (κ1) is 12.6. The SMILES string of the molecule is CCS(=O)(=O)Cc1cc2cc(Br)ccc2n1C. The van der Waals surface area contributed by atoms with Crippen molar-refractivity contribution in [3.05, 3.63) is 34.4 Å². The van der Waals surface area contributed by atoms with Crippen LogP contribution in [0.15, 0.2) is 28.7 Å². The van der Waals surface area contributed by atoms with Crippen molar-refractivity contribution in [1.29, 1.82) is 0 Å². The smallest absolute Gasteiger partial charge is 0.155 e. The Morgan fingerprint density at radius 2 is 2.00 bits per heavy atom. The topological polar surface area (TPSA) is 39.1 Å². The molecule has 0 fully saturated rings. The number of benzene rings is 1. The molecule has 0 amide bonds. The van der Waals surface area contributed by atoms with E-state index in [-0.39, 0.29) is 11.5 Å². The zero-order chi connectivity index (χ0) is 12.6. The first-order valence-corrected chi connectivity index (χ1v) is 7.98. The molecule has 1 heterocycles. The molecule has 2 aromatic rings. The maximum absolute atomic E-state index is 11.6. The van der Waals surface area contributed by atoms with Crippen LogP contribution in [0.4, 0.5) is 0 Å². The van der Waals surface area contributed by atoms with Gasteiger partial charge < -0.3 is 4.57 Å². The zero-order valence-electron chi connectivity index (χ0n) is 9.77. The monoisotopic (exact) mass is 315 g/mol. The summed E-state index contributed by atoms with van der Waals surface area (Å²) < 4.78 is 26.2. The summed E-state index contributed by atoms with van der Waals surface area (Å²) in [4.78, 5) is 0. The van der Waals surface area contributed by atoms with Crippen molar-refractivity contribution in [3.63, 3.8) is 0 Å². The Morgan fingerprint density at radius 3 is 2.65 bits per heavy atom. The molecule has 0 bridgehead atoms. The molecule has 0 unspecified atom stereocenters. The van der Waals surface area contributed by atoms with E-state index in [0.29, 0.717) is 0 Å². The third-order valence-corrected chi connectivity index (χ3v) is 5.02. The fraction of sp³-hybridized carbons (Fsp3) is 0.333. The number of rotatable bonds is 3. The number of hydrogen-bond acceptors (Lipinski definition) is 2. The van der Waals surface area contributed by atoms with E-state index >= 15 is 0 Å². The fourth-order valence-corrected chi connectivity index (χ4v) is 3.15. The van der Waals surface area contributed by atoms with Gasteiger partial charge in [-0.3, -0.25) is 0 Å². The summed E-state index contributed by atoms with van der Waals surface area (Å²) in [5.74, 6) is 0.282. The van der Waals surface area contributed by atoms with Gasteiger partial charge >= 0.3 is 0 Å². The van der Waals surface area contributed by atoms with Gasteiger partial charge in [0.1, 0.15) is 0 Å². The van der Waals surface area contributed by atoms with Crippen LogP contribution in [0.3, 0.4) is 0 Å². The lowest BCUT2D eigenvalue weighted by Gasteiger charge is -2.04. The molecule has 17 heavy (non-hydrogen) atoms. The van der Waals surface area contributed by atoms with Crippen LogP contribution in [-0.2, 0) is 22.6 Å². The van der Waals surface area contributed by atoms with Crippen molar-refractivity contribution >= 4 is 36.7 Å². The summed E-state index contributed by atoms with van der Waals surface area (Å²) in [6, 6.07) is 7.88. The number of aryl methyl sites for hydroxylation is 1. The summed E-state index contributed by atoms with van der Waals surface area (Å²) in [5, 5.41) is 1.06. The van der Waals surface area contributed by atoms with Crippen molar-refractivity contribution in [2.75, 3.05) is 5.75 Å². The Balaban J connectivity index is 2.53. The van der Waals surface area contributed by atoms with Gasteiger partial charge in [-0.2, -0.15) is 0 Å². The van der Waals surface area contributed by atoms with E-state index in [1.165, 1.54) is 0 Å². The molecular weight excluding hydrogens is 302 g/mol. The highest BCUT2D eigenvalue weighted by atomic mass is 79.9. The Bertz CT molecular complexity index is 658. The summed E-state index contributed by atoms with van der Waals surface area (Å²) in [6.45, 7) is 1.68. The largest absolute Gasteiger partial charge is 0.347 e. The summed E-state index contributed by atoms with van der Waals surface area (Å²) in [6.07, 6.45) is 0. The third-order valence-electron chi connectivity index (χ3n) is 2.91. The van der Waals surface area contributed by atoms with Crippen LogP contribution >= 0.6 is 15.9 Å². The van der Waals surface area contributed by atoms with Crippen LogP contribution in [0.2, 0.25) is 0 Å². The van der Waals surface area contributed by atoms with Gasteiger partial charge in [0, 0.05) is 33.9 Å². The van der Waals surface area contributed by atoms with Crippen LogP contribution < -0.4 is 0 Å². The first-order chi connectivity index (χ1) is 7.93. The average molecular weight is 316 g/mol. The van der Waals surface area contributed by atoms with Crippen LogP contribution in [0, 0.1) is 0 Å². The van der Waals surface area contributed by atoms with E-state index in [2.05, 4.69) is 15.9 Å². The normalized spacial score (nSPS) is 12.2. The molecule has 0 aliphatic rings. The molecule has 0 spiro atoms. The van der Waals surface area contributed by atoms with Crippen LogP contribution in [0.25, 0.3) is 10.9 Å². The van der Waals surface area contributed by atoms with Gasteiger partial charge in [-0.15, -0.1) is 0 Å². The number of nitrogens with zero attached hydrogens (tertiary/aromatic N) is 1. The Kier molecular flexibility index (Phi) is 3.32. The number of sulfone groups is 1. The Morgan fingerprint density at radius 1 is 1.29 bits per heavy atom. The molecule has 3 nitrogen and oxygen atoms in total. The minimum Gasteiger partial charge on any atom is -0.347 e. The van der Waals surface area contributed by atoms with Crippen molar-refractivity contribution < 1.29 is 8.42 Å². The lowest BCUT2D eigenvalue weighted by atomic mass is 10.2. The van der Waals surface area contributed by atoms with Gasteiger partial charge in [-0.1, -0.05) is 22.9 Å². The predicted molar refractivity (Wildman–Crippen MR) is 73.8 cm³/mol. The van der Waals surface area contributed by atoms with Gasteiger partial charge in [0.2, 0.25) is 0 Å². The second-order valence-electron chi connectivity index (χ2n) is 4.07. The minimum atomic E-state index is -2.99. The van der Waals surface area contributed by atoms with Crippen LogP contribution in [0.1, 0.15) is 12.6 Å². The van der Waals surface area contributed by atoms with Gasteiger partial charge in [0.25, 0.3) is 0 Å². The molecule has 92 valence electrons. The Hall–Kier alpha value is -0.810. The van der Waals surface area contributed by atoms with E-state index in [0.717, 1.165) is 21.1 Å². The van der Waals surface area contributed by atoms with Crippen LogP contribution in [-0.4, -0.2) is 18.7 Å². The van der Waals surface area contributed by atoms with Crippen molar-refractivity contribution in [1.82, 2.24) is 4.57 Å². The van der Waals surface area contributed by atoms with Crippen molar-refractivity contribution in [3.8, 4) is 0 Å². The number of hydrogen-bond donors (Lipinski definition) is 0. The highest BCUT2D eigenvalue weighted by Gasteiger charge is 2.13. The molecule has 1 aromatic heterocycles. The Labute approximate surface area is 109 Å². The molecule has 0 saturated carbocycles. The van der Waals surface area contributed by atoms with E-state index in [1.807, 2.05) is 35.9 Å². The summed E-state index contributed by atoms with van der Waals surface area (Å²) >= 11 is 3.41. The number of halogens is 1. The number of fused-ring (bicyclic) bond motifs is 1. The second kappa shape index (κ2) is 4.46. The molecule has 2 rings (SSSR count). The molecule has 5 heteroatoms. The quantitative estimate of drug-likeness (QED) is 0.873. The maximum Gasteiger partial charge on any atom is 0.155 e. The molecular formula is C12H14BrNO2S. The highest BCUT2D eigenvalue weighted by Crippen LogP contribution is 2.24. The minimum absolute atomic E-state index is 0.103. The van der Waals surface area contributed by atoms with Gasteiger partial charge in [0.05, 0.1) is 5.75 Å². The zero-order valence-corrected chi connectivity index (χ0v) is 12.2. The standard InChI is InChI=1S/C12H14BrNO2S/c1-3-17(15,16)8-11-7-9-6-10(13)4-5-12(9)14(11)2/h4-7H,3,8H2,1-2H3. The van der Waals surface area contributed by atoms with E-state index < -0.39 is 9.84 Å².